The minimum atomic E-state index is -0.192. The third-order valence-electron chi connectivity index (χ3n) is 3.10. The van der Waals surface area contributed by atoms with Crippen LogP contribution in [0.2, 0.25) is 5.02 Å². The molecule has 0 atom stereocenters. The third-order valence-corrected chi connectivity index (χ3v) is 3.43. The highest BCUT2D eigenvalue weighted by Gasteiger charge is 2.16. The lowest BCUT2D eigenvalue weighted by atomic mass is 10.1. The molecule has 5 heteroatoms. The number of nitrogens with zero attached hydrogens (tertiary/aromatic N) is 2. The number of imidazole rings is 1. The molecule has 0 bridgehead atoms. The van der Waals surface area contributed by atoms with Gasteiger partial charge in [0.2, 0.25) is 0 Å². The van der Waals surface area contributed by atoms with E-state index < -0.39 is 0 Å². The number of hydrogen-bond donors (Lipinski definition) is 2. The second-order valence-electron chi connectivity index (χ2n) is 4.42. The maximum atomic E-state index is 10.4. The number of H-pyrrole nitrogens is 1. The molecule has 3 rings (SSSR count). The minimum Gasteiger partial charge on any atom is -0.506 e. The number of benzene rings is 2. The first-order valence-corrected chi connectivity index (χ1v) is 6.62. The van der Waals surface area contributed by atoms with E-state index in [1.54, 1.807) is 24.3 Å². The van der Waals surface area contributed by atoms with Crippen molar-refractivity contribution < 1.29 is 5.11 Å². The molecular weight excluding hydrogens is 286 g/mol. The monoisotopic (exact) mass is 295 g/mol. The second-order valence-corrected chi connectivity index (χ2v) is 4.83. The SMILES string of the molecule is N#CC(=C(O)c1ccccc1Cl)c1nc2ccccc2[nH]1. The molecule has 0 radical (unpaired) electrons. The van der Waals surface area contributed by atoms with E-state index in [0.29, 0.717) is 16.4 Å². The molecule has 0 aliphatic heterocycles. The number of aromatic amines is 1. The first kappa shape index (κ1) is 13.2. The van der Waals surface area contributed by atoms with E-state index in [0.717, 1.165) is 11.0 Å². The van der Waals surface area contributed by atoms with E-state index in [1.165, 1.54) is 0 Å². The molecule has 0 aliphatic carbocycles. The maximum absolute atomic E-state index is 10.4. The van der Waals surface area contributed by atoms with E-state index in [9.17, 15) is 10.4 Å². The summed E-state index contributed by atoms with van der Waals surface area (Å²) in [5.41, 5.74) is 1.98. The zero-order valence-corrected chi connectivity index (χ0v) is 11.6. The number of halogens is 1. The van der Waals surface area contributed by atoms with Gasteiger partial charge in [0, 0.05) is 5.56 Å². The number of fused-ring (bicyclic) bond motifs is 1. The van der Waals surface area contributed by atoms with Crippen LogP contribution >= 0.6 is 11.6 Å². The fourth-order valence-electron chi connectivity index (χ4n) is 2.08. The summed E-state index contributed by atoms with van der Waals surface area (Å²) >= 11 is 6.05. The lowest BCUT2D eigenvalue weighted by Crippen LogP contribution is -1.93. The van der Waals surface area contributed by atoms with Crippen molar-refractivity contribution in [2.75, 3.05) is 0 Å². The predicted octanol–water partition coefficient (Wildman–Crippen LogP) is 4.17. The molecule has 3 aromatic rings. The van der Waals surface area contributed by atoms with Gasteiger partial charge in [-0.1, -0.05) is 35.9 Å². The Labute approximate surface area is 125 Å². The summed E-state index contributed by atoms with van der Waals surface area (Å²) in [6.45, 7) is 0. The molecule has 21 heavy (non-hydrogen) atoms. The number of rotatable bonds is 2. The number of aliphatic hydroxyl groups is 1. The summed E-state index contributed by atoms with van der Waals surface area (Å²) in [6.07, 6.45) is 0. The molecule has 4 nitrogen and oxygen atoms in total. The topological polar surface area (TPSA) is 72.7 Å². The first-order chi connectivity index (χ1) is 10.2. The van der Waals surface area contributed by atoms with Crippen LogP contribution in [0.3, 0.4) is 0 Å². The van der Waals surface area contributed by atoms with Crippen molar-refractivity contribution in [3.05, 3.63) is 64.9 Å². The van der Waals surface area contributed by atoms with Gasteiger partial charge in [0.1, 0.15) is 17.4 Å². The van der Waals surface area contributed by atoms with Crippen LogP contribution in [-0.4, -0.2) is 15.1 Å². The van der Waals surface area contributed by atoms with Crippen molar-refractivity contribution in [3.63, 3.8) is 0 Å². The quantitative estimate of drug-likeness (QED) is 0.550. The molecular formula is C16H10ClN3O. The van der Waals surface area contributed by atoms with Crippen molar-refractivity contribution in [1.29, 1.82) is 5.26 Å². The molecule has 0 aliphatic rings. The number of nitrogens with one attached hydrogen (secondary N) is 1. The summed E-state index contributed by atoms with van der Waals surface area (Å²) in [5, 5.41) is 20.1. The molecule has 0 unspecified atom stereocenters. The van der Waals surface area contributed by atoms with Crippen LogP contribution in [0.4, 0.5) is 0 Å². The van der Waals surface area contributed by atoms with Crippen LogP contribution < -0.4 is 0 Å². The molecule has 1 aromatic heterocycles. The molecule has 0 saturated heterocycles. The van der Waals surface area contributed by atoms with Gasteiger partial charge in [-0.2, -0.15) is 5.26 Å². The van der Waals surface area contributed by atoms with E-state index in [4.69, 9.17) is 11.6 Å². The van der Waals surface area contributed by atoms with Crippen molar-refractivity contribution >= 4 is 34.0 Å². The standard InChI is InChI=1S/C16H10ClN3O/c17-12-6-2-1-5-10(12)15(21)11(9-18)16-19-13-7-3-4-8-14(13)20-16/h1-8,21H,(H,19,20). The number of nitriles is 1. The number of aromatic nitrogens is 2. The van der Waals surface area contributed by atoms with Crippen molar-refractivity contribution in [3.8, 4) is 6.07 Å². The molecule has 2 N–H and O–H groups in total. The van der Waals surface area contributed by atoms with E-state index in [2.05, 4.69) is 9.97 Å². The predicted molar refractivity (Wildman–Crippen MR) is 82.6 cm³/mol. The molecule has 0 fully saturated rings. The number of para-hydroxylation sites is 2. The van der Waals surface area contributed by atoms with Crippen LogP contribution in [0.5, 0.6) is 0 Å². The van der Waals surface area contributed by atoms with Crippen LogP contribution in [0.1, 0.15) is 11.4 Å². The Balaban J connectivity index is 2.19. The smallest absolute Gasteiger partial charge is 0.153 e. The van der Waals surface area contributed by atoms with Crippen molar-refractivity contribution in [1.82, 2.24) is 9.97 Å². The molecule has 0 spiro atoms. The number of hydrogen-bond acceptors (Lipinski definition) is 3. The van der Waals surface area contributed by atoms with Gasteiger partial charge in [-0.15, -0.1) is 0 Å². The summed E-state index contributed by atoms with van der Waals surface area (Å²) in [7, 11) is 0. The highest BCUT2D eigenvalue weighted by molar-refractivity contribution is 6.32. The molecule has 102 valence electrons. The van der Waals surface area contributed by atoms with Gasteiger partial charge in [-0.3, -0.25) is 0 Å². The Morgan fingerprint density at radius 1 is 1.14 bits per heavy atom. The Morgan fingerprint density at radius 3 is 2.57 bits per heavy atom. The fourth-order valence-corrected chi connectivity index (χ4v) is 2.30. The Hall–Kier alpha value is -2.77. The number of aliphatic hydroxyl groups excluding tert-OH is 1. The van der Waals surface area contributed by atoms with Gasteiger partial charge in [0.25, 0.3) is 0 Å². The maximum Gasteiger partial charge on any atom is 0.153 e. The summed E-state index contributed by atoms with van der Waals surface area (Å²) < 4.78 is 0. The highest BCUT2D eigenvalue weighted by atomic mass is 35.5. The van der Waals surface area contributed by atoms with Gasteiger partial charge in [0.15, 0.2) is 5.82 Å². The van der Waals surface area contributed by atoms with Crippen LogP contribution in [0, 0.1) is 11.3 Å². The van der Waals surface area contributed by atoms with Crippen LogP contribution in [0.25, 0.3) is 22.4 Å². The Morgan fingerprint density at radius 2 is 1.86 bits per heavy atom. The van der Waals surface area contributed by atoms with E-state index in [-0.39, 0.29) is 11.3 Å². The van der Waals surface area contributed by atoms with Crippen LogP contribution in [0.15, 0.2) is 48.5 Å². The molecule has 1 heterocycles. The summed E-state index contributed by atoms with van der Waals surface area (Å²) in [4.78, 5) is 7.34. The molecule has 0 amide bonds. The van der Waals surface area contributed by atoms with Gasteiger partial charge >= 0.3 is 0 Å². The highest BCUT2D eigenvalue weighted by Crippen LogP contribution is 2.28. The van der Waals surface area contributed by atoms with E-state index in [1.807, 2.05) is 30.3 Å². The van der Waals surface area contributed by atoms with Crippen molar-refractivity contribution in [2.45, 2.75) is 0 Å². The second kappa shape index (κ2) is 5.31. The normalized spacial score (nSPS) is 12.0. The van der Waals surface area contributed by atoms with Gasteiger partial charge in [-0.25, -0.2) is 4.98 Å². The molecule has 0 saturated carbocycles. The van der Waals surface area contributed by atoms with Gasteiger partial charge in [0.05, 0.1) is 16.1 Å². The van der Waals surface area contributed by atoms with Gasteiger partial charge in [-0.05, 0) is 24.3 Å². The summed E-state index contributed by atoms with van der Waals surface area (Å²) in [6, 6.07) is 16.2. The van der Waals surface area contributed by atoms with Gasteiger partial charge < -0.3 is 10.1 Å². The lowest BCUT2D eigenvalue weighted by Gasteiger charge is -2.04. The van der Waals surface area contributed by atoms with Crippen molar-refractivity contribution in [2.24, 2.45) is 0 Å². The summed E-state index contributed by atoms with van der Waals surface area (Å²) in [5.74, 6) is 0.123. The average molecular weight is 296 g/mol. The van der Waals surface area contributed by atoms with Crippen LogP contribution in [-0.2, 0) is 0 Å². The van der Waals surface area contributed by atoms with E-state index >= 15 is 0 Å². The largest absolute Gasteiger partial charge is 0.506 e. The minimum absolute atomic E-state index is 0.0549. The zero-order chi connectivity index (χ0) is 14.8. The zero-order valence-electron chi connectivity index (χ0n) is 10.8. The third kappa shape index (κ3) is 2.35. The first-order valence-electron chi connectivity index (χ1n) is 6.24. The lowest BCUT2D eigenvalue weighted by molar-refractivity contribution is 0.514. The Bertz CT molecular complexity index is 857. The average Bonchev–Trinajstić information content (AvgIpc) is 2.91. The Kier molecular flexibility index (Phi) is 3.35. The number of allylic oxidation sites excluding steroid dienone is 1. The fraction of sp³-hybridized carbons (Fsp3) is 0. The molecule has 2 aromatic carbocycles.